The van der Waals surface area contributed by atoms with E-state index in [1.807, 2.05) is 0 Å². The molecule has 1 aromatic carbocycles. The van der Waals surface area contributed by atoms with Crippen LogP contribution in [0.25, 0.3) is 0 Å². The van der Waals surface area contributed by atoms with Crippen LogP contribution in [0.2, 0.25) is 0 Å². The summed E-state index contributed by atoms with van der Waals surface area (Å²) >= 11 is 0. The highest BCUT2D eigenvalue weighted by atomic mass is 16.7. The van der Waals surface area contributed by atoms with E-state index in [1.54, 1.807) is 0 Å². The van der Waals surface area contributed by atoms with Gasteiger partial charge in [-0.25, -0.2) is 0 Å². The Morgan fingerprint density at radius 1 is 1.15 bits per heavy atom. The molecule has 3 rings (SSSR count). The Hall–Kier alpha value is -0.835. The van der Waals surface area contributed by atoms with Crippen molar-refractivity contribution >= 4 is 12.6 Å². The van der Waals surface area contributed by atoms with Crippen molar-refractivity contribution in [2.45, 2.75) is 64.3 Å². The molecule has 2 aliphatic rings. The molecule has 0 amide bonds. The lowest BCUT2D eigenvalue weighted by molar-refractivity contribution is 0.00578. The second-order valence-corrected chi connectivity index (χ2v) is 6.99. The molecule has 0 aromatic heterocycles. The number of nitrogens with one attached hydrogen (secondary N) is 1. The minimum atomic E-state index is -0.278. The first-order chi connectivity index (χ1) is 9.37. The van der Waals surface area contributed by atoms with Crippen molar-refractivity contribution in [3.8, 4) is 0 Å². The van der Waals surface area contributed by atoms with Crippen LogP contribution in [-0.2, 0) is 15.9 Å². The predicted octanol–water partition coefficient (Wildman–Crippen LogP) is 2.24. The van der Waals surface area contributed by atoms with Gasteiger partial charge in [0.2, 0.25) is 0 Å². The third-order valence-corrected chi connectivity index (χ3v) is 4.65. The monoisotopic (exact) mass is 273 g/mol. The molecule has 1 saturated carbocycles. The van der Waals surface area contributed by atoms with Crippen molar-refractivity contribution in [3.05, 3.63) is 29.8 Å². The first kappa shape index (κ1) is 14.1. The van der Waals surface area contributed by atoms with E-state index in [-0.39, 0.29) is 18.3 Å². The molecule has 4 heteroatoms. The Balaban J connectivity index is 1.72. The zero-order chi connectivity index (χ0) is 14.4. The number of rotatable bonds is 4. The van der Waals surface area contributed by atoms with Crippen LogP contribution < -0.4 is 10.8 Å². The molecule has 1 aromatic rings. The maximum absolute atomic E-state index is 6.10. The van der Waals surface area contributed by atoms with Crippen molar-refractivity contribution in [1.29, 1.82) is 0 Å². The van der Waals surface area contributed by atoms with E-state index < -0.39 is 0 Å². The highest BCUT2D eigenvalue weighted by molar-refractivity contribution is 6.62. The van der Waals surface area contributed by atoms with Gasteiger partial charge in [-0.15, -0.1) is 0 Å². The highest BCUT2D eigenvalue weighted by Gasteiger charge is 2.51. The van der Waals surface area contributed by atoms with E-state index in [0.717, 1.165) is 18.0 Å². The molecule has 1 saturated heterocycles. The van der Waals surface area contributed by atoms with Gasteiger partial charge in [0.25, 0.3) is 0 Å². The molecule has 3 nitrogen and oxygen atoms in total. The fourth-order valence-corrected chi connectivity index (χ4v) is 2.38. The lowest BCUT2D eigenvalue weighted by atomic mass is 9.78. The van der Waals surface area contributed by atoms with E-state index in [4.69, 9.17) is 9.31 Å². The van der Waals surface area contributed by atoms with Gasteiger partial charge in [0, 0.05) is 12.6 Å². The summed E-state index contributed by atoms with van der Waals surface area (Å²) < 4.78 is 12.2. The Kier molecular flexibility index (Phi) is 3.43. The van der Waals surface area contributed by atoms with Crippen LogP contribution in [0.1, 0.15) is 46.1 Å². The van der Waals surface area contributed by atoms with Gasteiger partial charge >= 0.3 is 7.12 Å². The summed E-state index contributed by atoms with van der Waals surface area (Å²) in [6.07, 6.45) is 2.63. The van der Waals surface area contributed by atoms with Gasteiger partial charge < -0.3 is 14.6 Å². The lowest BCUT2D eigenvalue weighted by Crippen LogP contribution is -2.41. The Labute approximate surface area is 122 Å². The molecular formula is C16H24BNO2. The van der Waals surface area contributed by atoms with Crippen molar-refractivity contribution in [1.82, 2.24) is 5.32 Å². The summed E-state index contributed by atoms with van der Waals surface area (Å²) in [5, 5.41) is 3.54. The predicted molar refractivity (Wildman–Crippen MR) is 82.0 cm³/mol. The SMILES string of the molecule is CC1(C)OB(c2cccc(CNC3CC3)c2)OC1(C)C. The Morgan fingerprint density at radius 3 is 2.40 bits per heavy atom. The third kappa shape index (κ3) is 2.78. The number of benzene rings is 1. The molecule has 1 aliphatic carbocycles. The first-order valence-electron chi connectivity index (χ1n) is 7.55. The molecule has 2 fully saturated rings. The van der Waals surface area contributed by atoms with Crippen molar-refractivity contribution in [2.75, 3.05) is 0 Å². The van der Waals surface area contributed by atoms with Crippen LogP contribution in [0.15, 0.2) is 24.3 Å². The summed E-state index contributed by atoms with van der Waals surface area (Å²) in [5.41, 5.74) is 1.85. The molecule has 0 bridgehead atoms. The molecule has 20 heavy (non-hydrogen) atoms. The van der Waals surface area contributed by atoms with Crippen LogP contribution in [0.4, 0.5) is 0 Å². The van der Waals surface area contributed by atoms with Gasteiger partial charge in [-0.3, -0.25) is 0 Å². The number of hydrogen-bond donors (Lipinski definition) is 1. The zero-order valence-corrected chi connectivity index (χ0v) is 12.9. The van der Waals surface area contributed by atoms with Crippen molar-refractivity contribution in [2.24, 2.45) is 0 Å². The van der Waals surface area contributed by atoms with Crippen LogP contribution in [0.5, 0.6) is 0 Å². The fourth-order valence-electron chi connectivity index (χ4n) is 2.38. The minimum absolute atomic E-state index is 0.263. The molecule has 108 valence electrons. The average molecular weight is 273 g/mol. The molecule has 0 spiro atoms. The maximum atomic E-state index is 6.10. The van der Waals surface area contributed by atoms with E-state index in [9.17, 15) is 0 Å². The summed E-state index contributed by atoms with van der Waals surface area (Å²) in [5.74, 6) is 0. The maximum Gasteiger partial charge on any atom is 0.494 e. The van der Waals surface area contributed by atoms with Gasteiger partial charge in [-0.05, 0) is 51.6 Å². The highest BCUT2D eigenvalue weighted by Crippen LogP contribution is 2.36. The van der Waals surface area contributed by atoms with Crippen molar-refractivity contribution < 1.29 is 9.31 Å². The first-order valence-corrected chi connectivity index (χ1v) is 7.55. The second-order valence-electron chi connectivity index (χ2n) is 6.99. The number of hydrogen-bond acceptors (Lipinski definition) is 3. The van der Waals surface area contributed by atoms with E-state index in [1.165, 1.54) is 18.4 Å². The summed E-state index contributed by atoms with van der Waals surface area (Å²) in [6, 6.07) is 9.25. The Morgan fingerprint density at radius 2 is 1.80 bits per heavy atom. The topological polar surface area (TPSA) is 30.5 Å². The van der Waals surface area contributed by atoms with Crippen LogP contribution in [0.3, 0.4) is 0 Å². The summed E-state index contributed by atoms with van der Waals surface area (Å²) in [6.45, 7) is 9.28. The van der Waals surface area contributed by atoms with Gasteiger partial charge in [-0.2, -0.15) is 0 Å². The minimum Gasteiger partial charge on any atom is -0.399 e. The standard InChI is InChI=1S/C16H24BNO2/c1-15(2)16(3,4)20-17(19-15)13-7-5-6-12(10-13)11-18-14-8-9-14/h5-7,10,14,18H,8-9,11H2,1-4H3. The van der Waals surface area contributed by atoms with E-state index >= 15 is 0 Å². The lowest BCUT2D eigenvalue weighted by Gasteiger charge is -2.32. The molecule has 1 heterocycles. The molecule has 0 unspecified atom stereocenters. The van der Waals surface area contributed by atoms with Crippen LogP contribution in [0, 0.1) is 0 Å². The van der Waals surface area contributed by atoms with Gasteiger partial charge in [-0.1, -0.05) is 24.3 Å². The smallest absolute Gasteiger partial charge is 0.399 e. The molecule has 0 radical (unpaired) electrons. The largest absolute Gasteiger partial charge is 0.494 e. The van der Waals surface area contributed by atoms with E-state index in [0.29, 0.717) is 0 Å². The fraction of sp³-hybridized carbons (Fsp3) is 0.625. The second kappa shape index (κ2) is 4.87. The zero-order valence-electron chi connectivity index (χ0n) is 12.9. The van der Waals surface area contributed by atoms with E-state index in [2.05, 4.69) is 57.3 Å². The molecule has 1 N–H and O–H groups in total. The molecular weight excluding hydrogens is 249 g/mol. The van der Waals surface area contributed by atoms with Crippen molar-refractivity contribution in [3.63, 3.8) is 0 Å². The van der Waals surface area contributed by atoms with Gasteiger partial charge in [0.05, 0.1) is 11.2 Å². The average Bonchev–Trinajstić information content (AvgIpc) is 3.15. The molecule has 0 atom stereocenters. The summed E-state index contributed by atoms with van der Waals surface area (Å²) in [7, 11) is -0.263. The Bertz CT molecular complexity index is 481. The van der Waals surface area contributed by atoms with Gasteiger partial charge in [0.1, 0.15) is 0 Å². The quantitative estimate of drug-likeness (QED) is 0.853. The molecule has 1 aliphatic heterocycles. The van der Waals surface area contributed by atoms with Crippen LogP contribution in [-0.4, -0.2) is 24.4 Å². The normalized spacial score (nSPS) is 24.1. The third-order valence-electron chi connectivity index (χ3n) is 4.65. The summed E-state index contributed by atoms with van der Waals surface area (Å²) in [4.78, 5) is 0. The van der Waals surface area contributed by atoms with Crippen LogP contribution >= 0.6 is 0 Å². The van der Waals surface area contributed by atoms with Gasteiger partial charge in [0.15, 0.2) is 0 Å².